The molecule has 78 valence electrons. The molecule has 2 rings (SSSR count). The van der Waals surface area contributed by atoms with Crippen LogP contribution in [0.3, 0.4) is 0 Å². The van der Waals surface area contributed by atoms with Gasteiger partial charge in [-0.05, 0) is 18.6 Å². The van der Waals surface area contributed by atoms with Crippen LogP contribution in [0.1, 0.15) is 18.3 Å². The predicted molar refractivity (Wildman–Crippen MR) is 61.1 cm³/mol. The zero-order valence-electron chi connectivity index (χ0n) is 9.24. The number of para-hydroxylation sites is 1. The van der Waals surface area contributed by atoms with E-state index in [2.05, 4.69) is 4.98 Å². The van der Waals surface area contributed by atoms with Crippen molar-refractivity contribution in [2.75, 3.05) is 0 Å². The summed E-state index contributed by atoms with van der Waals surface area (Å²) in [4.78, 5) is 16.5. The van der Waals surface area contributed by atoms with E-state index in [-0.39, 0.29) is 5.56 Å². The van der Waals surface area contributed by atoms with Crippen molar-refractivity contribution in [1.29, 1.82) is 0 Å². The Kier molecular flexibility index (Phi) is 2.31. The zero-order valence-corrected chi connectivity index (χ0v) is 9.24. The first-order chi connectivity index (χ1) is 7.15. The summed E-state index contributed by atoms with van der Waals surface area (Å²) in [5.41, 5.74) is 1.93. The number of benzene rings is 1. The summed E-state index contributed by atoms with van der Waals surface area (Å²) in [5, 5.41) is 0.703. The predicted octanol–water partition coefficient (Wildman–Crippen LogP) is 1.80. The Morgan fingerprint density at radius 3 is 2.80 bits per heavy atom. The average Bonchev–Trinajstić information content (AvgIpc) is 2.24. The van der Waals surface area contributed by atoms with Gasteiger partial charge in [-0.3, -0.25) is 9.36 Å². The van der Waals surface area contributed by atoms with Gasteiger partial charge in [-0.1, -0.05) is 19.1 Å². The van der Waals surface area contributed by atoms with Crippen molar-refractivity contribution in [3.8, 4) is 0 Å². The second kappa shape index (κ2) is 3.50. The first kappa shape index (κ1) is 9.90. The van der Waals surface area contributed by atoms with Crippen molar-refractivity contribution in [3.05, 3.63) is 39.9 Å². The Hall–Kier alpha value is -1.64. The number of hydrogen-bond donors (Lipinski definition) is 0. The monoisotopic (exact) mass is 202 g/mol. The second-order valence-corrected chi connectivity index (χ2v) is 3.72. The maximum atomic E-state index is 12.0. The topological polar surface area (TPSA) is 34.9 Å². The molecule has 0 saturated carbocycles. The highest BCUT2D eigenvalue weighted by molar-refractivity contribution is 5.80. The van der Waals surface area contributed by atoms with Crippen molar-refractivity contribution >= 4 is 10.9 Å². The fraction of sp³-hybridized carbons (Fsp3) is 0.333. The fourth-order valence-corrected chi connectivity index (χ4v) is 1.80. The molecule has 0 radical (unpaired) electrons. The normalized spacial score (nSPS) is 10.9. The van der Waals surface area contributed by atoms with E-state index in [0.717, 1.165) is 23.3 Å². The third kappa shape index (κ3) is 1.44. The summed E-state index contributed by atoms with van der Waals surface area (Å²) >= 11 is 0. The van der Waals surface area contributed by atoms with E-state index in [9.17, 15) is 4.79 Å². The summed E-state index contributed by atoms with van der Waals surface area (Å²) < 4.78 is 1.63. The van der Waals surface area contributed by atoms with Gasteiger partial charge in [0.1, 0.15) is 5.82 Å². The van der Waals surface area contributed by atoms with Crippen LogP contribution < -0.4 is 5.56 Å². The van der Waals surface area contributed by atoms with Crippen LogP contribution in [0.5, 0.6) is 0 Å². The van der Waals surface area contributed by atoms with E-state index in [0.29, 0.717) is 5.39 Å². The highest BCUT2D eigenvalue weighted by atomic mass is 16.1. The van der Waals surface area contributed by atoms with Gasteiger partial charge in [0.15, 0.2) is 0 Å². The molecule has 0 fully saturated rings. The highest BCUT2D eigenvalue weighted by Crippen LogP contribution is 2.12. The van der Waals surface area contributed by atoms with Gasteiger partial charge in [0, 0.05) is 13.5 Å². The Balaban J connectivity index is 2.98. The van der Waals surface area contributed by atoms with E-state index >= 15 is 0 Å². The minimum atomic E-state index is 0.0422. The van der Waals surface area contributed by atoms with E-state index in [1.54, 1.807) is 11.6 Å². The molecule has 1 aromatic carbocycles. The number of aromatic nitrogens is 2. The summed E-state index contributed by atoms with van der Waals surface area (Å²) in [6.07, 6.45) is 0.774. The number of rotatable bonds is 1. The molecule has 0 bridgehead atoms. The van der Waals surface area contributed by atoms with Gasteiger partial charge in [0.05, 0.1) is 10.9 Å². The van der Waals surface area contributed by atoms with Crippen LogP contribution in [-0.2, 0) is 13.5 Å². The van der Waals surface area contributed by atoms with E-state index in [4.69, 9.17) is 0 Å². The van der Waals surface area contributed by atoms with E-state index in [1.807, 2.05) is 32.0 Å². The van der Waals surface area contributed by atoms with Crippen molar-refractivity contribution < 1.29 is 0 Å². The molecule has 0 unspecified atom stereocenters. The summed E-state index contributed by atoms with van der Waals surface area (Å²) in [7, 11) is 1.77. The Bertz CT molecular complexity index is 570. The Morgan fingerprint density at radius 1 is 1.40 bits per heavy atom. The van der Waals surface area contributed by atoms with Crippen LogP contribution in [0.4, 0.5) is 0 Å². The molecule has 0 atom stereocenters. The van der Waals surface area contributed by atoms with Crippen LogP contribution in [0.15, 0.2) is 23.0 Å². The molecule has 0 aliphatic rings. The fourth-order valence-electron chi connectivity index (χ4n) is 1.80. The molecule has 3 heteroatoms. The standard InChI is InChI=1S/C12H14N2O/c1-4-10-13-11-8(2)6-5-7-9(11)12(15)14(10)3/h5-7H,4H2,1-3H3. The SMILES string of the molecule is CCc1nc2c(C)cccc2c(=O)n1C. The average molecular weight is 202 g/mol. The lowest BCUT2D eigenvalue weighted by Crippen LogP contribution is -2.22. The maximum Gasteiger partial charge on any atom is 0.261 e. The number of nitrogens with zero attached hydrogens (tertiary/aromatic N) is 2. The van der Waals surface area contributed by atoms with Crippen molar-refractivity contribution in [1.82, 2.24) is 9.55 Å². The number of fused-ring (bicyclic) bond motifs is 1. The lowest BCUT2D eigenvalue weighted by atomic mass is 10.1. The molecule has 0 saturated heterocycles. The van der Waals surface area contributed by atoms with Crippen LogP contribution in [-0.4, -0.2) is 9.55 Å². The summed E-state index contributed by atoms with van der Waals surface area (Å²) in [6, 6.07) is 5.71. The first-order valence-corrected chi connectivity index (χ1v) is 5.10. The van der Waals surface area contributed by atoms with Gasteiger partial charge in [0.25, 0.3) is 5.56 Å². The van der Waals surface area contributed by atoms with E-state index < -0.39 is 0 Å². The van der Waals surface area contributed by atoms with Gasteiger partial charge >= 0.3 is 0 Å². The van der Waals surface area contributed by atoms with Gasteiger partial charge < -0.3 is 0 Å². The van der Waals surface area contributed by atoms with Gasteiger partial charge in [-0.2, -0.15) is 0 Å². The lowest BCUT2D eigenvalue weighted by molar-refractivity contribution is 0.752. The Morgan fingerprint density at radius 2 is 2.13 bits per heavy atom. The van der Waals surface area contributed by atoms with E-state index in [1.165, 1.54) is 0 Å². The smallest absolute Gasteiger partial charge is 0.261 e. The molecule has 0 amide bonds. The maximum absolute atomic E-state index is 12.0. The van der Waals surface area contributed by atoms with Crippen LogP contribution in [0.2, 0.25) is 0 Å². The third-order valence-electron chi connectivity index (χ3n) is 2.72. The molecule has 1 heterocycles. The third-order valence-corrected chi connectivity index (χ3v) is 2.72. The molecular formula is C12H14N2O. The molecule has 1 aromatic heterocycles. The molecule has 0 N–H and O–H groups in total. The molecule has 15 heavy (non-hydrogen) atoms. The zero-order chi connectivity index (χ0) is 11.0. The number of hydrogen-bond acceptors (Lipinski definition) is 2. The molecule has 0 spiro atoms. The molecule has 0 aliphatic heterocycles. The lowest BCUT2D eigenvalue weighted by Gasteiger charge is -2.08. The van der Waals surface area contributed by atoms with Gasteiger partial charge in [-0.25, -0.2) is 4.98 Å². The van der Waals surface area contributed by atoms with Crippen molar-refractivity contribution in [3.63, 3.8) is 0 Å². The summed E-state index contributed by atoms with van der Waals surface area (Å²) in [5.74, 6) is 0.835. The molecule has 3 nitrogen and oxygen atoms in total. The largest absolute Gasteiger partial charge is 0.299 e. The minimum absolute atomic E-state index is 0.0422. The molecule has 0 aliphatic carbocycles. The first-order valence-electron chi connectivity index (χ1n) is 5.10. The van der Waals surface area contributed by atoms with Crippen LogP contribution >= 0.6 is 0 Å². The molecular weight excluding hydrogens is 188 g/mol. The quantitative estimate of drug-likeness (QED) is 0.706. The second-order valence-electron chi connectivity index (χ2n) is 3.72. The number of aryl methyl sites for hydroxylation is 2. The molecule has 2 aromatic rings. The van der Waals surface area contributed by atoms with Gasteiger partial charge in [-0.15, -0.1) is 0 Å². The van der Waals surface area contributed by atoms with Crippen LogP contribution in [0.25, 0.3) is 10.9 Å². The highest BCUT2D eigenvalue weighted by Gasteiger charge is 2.07. The van der Waals surface area contributed by atoms with Crippen molar-refractivity contribution in [2.45, 2.75) is 20.3 Å². The summed E-state index contributed by atoms with van der Waals surface area (Å²) in [6.45, 7) is 3.99. The van der Waals surface area contributed by atoms with Crippen molar-refractivity contribution in [2.24, 2.45) is 7.05 Å². The van der Waals surface area contributed by atoms with Crippen LogP contribution in [0, 0.1) is 6.92 Å². The Labute approximate surface area is 88.4 Å². The van der Waals surface area contributed by atoms with Gasteiger partial charge in [0.2, 0.25) is 0 Å². The minimum Gasteiger partial charge on any atom is -0.299 e.